The molecule has 0 aliphatic carbocycles. The lowest BCUT2D eigenvalue weighted by molar-refractivity contribution is 0.0934. The van der Waals surface area contributed by atoms with Crippen LogP contribution in [-0.4, -0.2) is 40.0 Å². The molecule has 1 amide bonds. The lowest BCUT2D eigenvalue weighted by Crippen LogP contribution is -2.35. The second-order valence-electron chi connectivity index (χ2n) is 6.76. The van der Waals surface area contributed by atoms with Crippen LogP contribution in [0.1, 0.15) is 47.6 Å². The highest BCUT2D eigenvalue weighted by Gasteiger charge is 2.23. The fraction of sp³-hybridized carbons (Fsp3) is 0.500. The Morgan fingerprint density at radius 1 is 1.37 bits per heavy atom. The van der Waals surface area contributed by atoms with E-state index in [1.165, 1.54) is 0 Å². The molecule has 0 bridgehead atoms. The first-order valence-electron chi connectivity index (χ1n) is 8.83. The number of carbonyl (C=O) groups excluding carboxylic acids is 1. The molecule has 1 saturated heterocycles. The summed E-state index contributed by atoms with van der Waals surface area (Å²) in [6, 6.07) is 5.60. The molecule has 1 aliphatic heterocycles. The van der Waals surface area contributed by atoms with Gasteiger partial charge in [0.15, 0.2) is 5.69 Å². The maximum absolute atomic E-state index is 12.6. The highest BCUT2D eigenvalue weighted by molar-refractivity contribution is 6.35. The van der Waals surface area contributed by atoms with Crippen LogP contribution in [0.5, 0.6) is 0 Å². The molecular weight excluding hydrogens is 409 g/mol. The van der Waals surface area contributed by atoms with Gasteiger partial charge in [-0.2, -0.15) is 0 Å². The van der Waals surface area contributed by atoms with Gasteiger partial charge in [0.1, 0.15) is 0 Å². The van der Waals surface area contributed by atoms with Crippen LogP contribution in [-0.2, 0) is 6.42 Å². The first kappa shape index (κ1) is 22.0. The summed E-state index contributed by atoms with van der Waals surface area (Å²) in [5.41, 5.74) is 2.14. The highest BCUT2D eigenvalue weighted by atomic mass is 35.5. The topological polar surface area (TPSA) is 71.8 Å². The van der Waals surface area contributed by atoms with Gasteiger partial charge in [0, 0.05) is 16.1 Å². The molecule has 1 aliphatic rings. The van der Waals surface area contributed by atoms with Gasteiger partial charge in [-0.3, -0.25) is 4.79 Å². The summed E-state index contributed by atoms with van der Waals surface area (Å²) in [7, 11) is 0. The number of piperidine rings is 1. The molecule has 6 nitrogen and oxygen atoms in total. The number of aromatic nitrogens is 3. The van der Waals surface area contributed by atoms with Crippen molar-refractivity contribution in [3.63, 3.8) is 0 Å². The summed E-state index contributed by atoms with van der Waals surface area (Å²) in [6.45, 7) is 5.77. The molecule has 2 aromatic rings. The molecular formula is C18H24Cl3N5O. The van der Waals surface area contributed by atoms with Crippen molar-refractivity contribution in [3.05, 3.63) is 45.2 Å². The molecule has 148 valence electrons. The monoisotopic (exact) mass is 431 g/mol. The van der Waals surface area contributed by atoms with Crippen molar-refractivity contribution >= 4 is 41.5 Å². The van der Waals surface area contributed by atoms with Gasteiger partial charge in [-0.25, -0.2) is 4.68 Å². The van der Waals surface area contributed by atoms with Crippen LogP contribution in [0, 0.1) is 6.92 Å². The Balaban J connectivity index is 0.00000261. The van der Waals surface area contributed by atoms with E-state index in [2.05, 4.69) is 20.9 Å². The van der Waals surface area contributed by atoms with Crippen LogP contribution in [0.3, 0.4) is 0 Å². The van der Waals surface area contributed by atoms with E-state index >= 15 is 0 Å². The maximum Gasteiger partial charge on any atom is 0.273 e. The Morgan fingerprint density at radius 3 is 2.74 bits per heavy atom. The Hall–Kier alpha value is -1.34. The number of benzene rings is 1. The van der Waals surface area contributed by atoms with E-state index in [0.717, 1.165) is 37.2 Å². The van der Waals surface area contributed by atoms with Gasteiger partial charge in [0.25, 0.3) is 5.91 Å². The summed E-state index contributed by atoms with van der Waals surface area (Å²) in [6.07, 6.45) is 2.61. The van der Waals surface area contributed by atoms with Crippen LogP contribution < -0.4 is 10.6 Å². The molecule has 0 radical (unpaired) electrons. The van der Waals surface area contributed by atoms with Crippen LogP contribution in [0.2, 0.25) is 10.0 Å². The Kier molecular flexibility index (Phi) is 7.91. The van der Waals surface area contributed by atoms with Crippen molar-refractivity contribution in [2.45, 2.75) is 45.2 Å². The summed E-state index contributed by atoms with van der Waals surface area (Å²) in [5.74, 6) is -0.208. The zero-order valence-corrected chi connectivity index (χ0v) is 17.7. The van der Waals surface area contributed by atoms with E-state index in [1.807, 2.05) is 24.6 Å². The van der Waals surface area contributed by atoms with Gasteiger partial charge >= 0.3 is 0 Å². The van der Waals surface area contributed by atoms with Gasteiger partial charge in [-0.15, -0.1) is 17.5 Å². The smallest absolute Gasteiger partial charge is 0.273 e. The molecule has 1 atom stereocenters. The van der Waals surface area contributed by atoms with Crippen LogP contribution in [0.4, 0.5) is 0 Å². The van der Waals surface area contributed by atoms with E-state index < -0.39 is 0 Å². The van der Waals surface area contributed by atoms with E-state index in [9.17, 15) is 4.79 Å². The largest absolute Gasteiger partial charge is 0.348 e. The van der Waals surface area contributed by atoms with Crippen molar-refractivity contribution in [2.24, 2.45) is 0 Å². The second-order valence-corrected chi connectivity index (χ2v) is 7.61. The Labute approximate surface area is 175 Å². The minimum absolute atomic E-state index is 0. The molecule has 27 heavy (non-hydrogen) atoms. The van der Waals surface area contributed by atoms with Crippen molar-refractivity contribution in [1.82, 2.24) is 25.6 Å². The molecule has 1 unspecified atom stereocenters. The second kappa shape index (κ2) is 9.73. The minimum Gasteiger partial charge on any atom is -0.348 e. The van der Waals surface area contributed by atoms with Gasteiger partial charge in [-0.05, 0) is 63.9 Å². The number of hydrogen-bond donors (Lipinski definition) is 2. The molecule has 1 aromatic carbocycles. The van der Waals surface area contributed by atoms with E-state index in [4.69, 9.17) is 23.2 Å². The predicted octanol–water partition coefficient (Wildman–Crippen LogP) is 3.60. The standard InChI is InChI=1S/C18H23Cl2N5O.ClH/c1-11(9-13-3-4-14(19)10-16(13)20)22-18(26)17-12(2)25(24-23-17)15-5-7-21-8-6-15;/h3-4,10-11,15,21H,5-9H2,1-2H3,(H,22,26);1H. The van der Waals surface area contributed by atoms with Gasteiger partial charge in [0.2, 0.25) is 0 Å². The summed E-state index contributed by atoms with van der Waals surface area (Å²) in [5, 5.41) is 15.9. The van der Waals surface area contributed by atoms with Crippen molar-refractivity contribution < 1.29 is 4.79 Å². The van der Waals surface area contributed by atoms with E-state index in [0.29, 0.717) is 28.2 Å². The number of halogens is 3. The summed E-state index contributed by atoms with van der Waals surface area (Å²) in [4.78, 5) is 12.6. The number of rotatable bonds is 5. The first-order valence-corrected chi connectivity index (χ1v) is 9.58. The lowest BCUT2D eigenvalue weighted by Gasteiger charge is -2.23. The zero-order valence-electron chi connectivity index (χ0n) is 15.3. The zero-order chi connectivity index (χ0) is 18.7. The fourth-order valence-electron chi connectivity index (χ4n) is 3.31. The molecule has 0 spiro atoms. The number of nitrogens with zero attached hydrogens (tertiary/aromatic N) is 3. The predicted molar refractivity (Wildman–Crippen MR) is 110 cm³/mol. The molecule has 1 aromatic heterocycles. The molecule has 2 N–H and O–H groups in total. The third-order valence-corrected chi connectivity index (χ3v) is 5.30. The van der Waals surface area contributed by atoms with Crippen molar-refractivity contribution in [1.29, 1.82) is 0 Å². The molecule has 0 saturated carbocycles. The summed E-state index contributed by atoms with van der Waals surface area (Å²) < 4.78 is 1.89. The third-order valence-electron chi connectivity index (χ3n) is 4.72. The number of carbonyl (C=O) groups is 1. The third kappa shape index (κ3) is 5.35. The quantitative estimate of drug-likeness (QED) is 0.757. The Morgan fingerprint density at radius 2 is 2.07 bits per heavy atom. The highest BCUT2D eigenvalue weighted by Crippen LogP contribution is 2.23. The van der Waals surface area contributed by atoms with Crippen LogP contribution in [0.25, 0.3) is 0 Å². The normalized spacial score (nSPS) is 15.9. The SMILES string of the molecule is Cc1c(C(=O)NC(C)Cc2ccc(Cl)cc2Cl)nnn1C1CCNCC1.Cl. The van der Waals surface area contributed by atoms with Crippen molar-refractivity contribution in [3.8, 4) is 0 Å². The van der Waals surface area contributed by atoms with E-state index in [-0.39, 0.29) is 24.4 Å². The molecule has 1 fully saturated rings. The van der Waals surface area contributed by atoms with Gasteiger partial charge < -0.3 is 10.6 Å². The minimum atomic E-state index is -0.208. The first-order chi connectivity index (χ1) is 12.5. The molecule has 3 rings (SSSR count). The van der Waals surface area contributed by atoms with Crippen LogP contribution in [0.15, 0.2) is 18.2 Å². The average Bonchev–Trinajstić information content (AvgIpc) is 3.00. The fourth-order valence-corrected chi connectivity index (χ4v) is 3.79. The Bertz CT molecular complexity index is 789. The van der Waals surface area contributed by atoms with Crippen molar-refractivity contribution in [2.75, 3.05) is 13.1 Å². The number of amides is 1. The van der Waals surface area contributed by atoms with Gasteiger partial charge in [-0.1, -0.05) is 34.5 Å². The number of hydrogen-bond acceptors (Lipinski definition) is 4. The maximum atomic E-state index is 12.6. The lowest BCUT2D eigenvalue weighted by atomic mass is 10.1. The van der Waals surface area contributed by atoms with E-state index in [1.54, 1.807) is 12.1 Å². The molecule has 9 heteroatoms. The number of nitrogens with one attached hydrogen (secondary N) is 2. The van der Waals surface area contributed by atoms with Gasteiger partial charge in [0.05, 0.1) is 11.7 Å². The average molecular weight is 433 g/mol. The van der Waals surface area contributed by atoms with Crippen LogP contribution >= 0.6 is 35.6 Å². The summed E-state index contributed by atoms with van der Waals surface area (Å²) >= 11 is 12.1. The molecule has 2 heterocycles.